The summed E-state index contributed by atoms with van der Waals surface area (Å²) in [7, 11) is -4.22. The second-order valence-corrected chi connectivity index (χ2v) is 11.2. The van der Waals surface area contributed by atoms with Crippen molar-refractivity contribution in [3.8, 4) is 0 Å². The number of rotatable bonds is 7. The summed E-state index contributed by atoms with van der Waals surface area (Å²) in [4.78, 5) is 25.0. The monoisotopic (exact) mass is 498 g/mol. The van der Waals surface area contributed by atoms with Crippen LogP contribution in [0.25, 0.3) is 10.8 Å². The molecule has 2 atom stereocenters. The van der Waals surface area contributed by atoms with E-state index in [0.717, 1.165) is 32.8 Å². The van der Waals surface area contributed by atoms with E-state index in [4.69, 9.17) is 0 Å². The third-order valence-electron chi connectivity index (χ3n) is 6.43. The topological polar surface area (TPSA) is 104 Å². The van der Waals surface area contributed by atoms with Crippen LogP contribution in [0.5, 0.6) is 0 Å². The lowest BCUT2D eigenvalue weighted by Crippen LogP contribution is -2.55. The minimum Gasteiger partial charge on any atom is -0.480 e. The van der Waals surface area contributed by atoms with Gasteiger partial charge in [-0.15, -0.1) is 0 Å². The minimum absolute atomic E-state index is 0.0403. The van der Waals surface area contributed by atoms with Crippen molar-refractivity contribution in [2.75, 3.05) is 0 Å². The quantitative estimate of drug-likeness (QED) is 0.517. The molecule has 1 amide bonds. The van der Waals surface area contributed by atoms with Crippen molar-refractivity contribution in [3.63, 3.8) is 0 Å². The molecular formula is C26H27FN2O5S. The van der Waals surface area contributed by atoms with Gasteiger partial charge in [-0.05, 0) is 61.2 Å². The van der Waals surface area contributed by atoms with E-state index in [2.05, 4.69) is 5.32 Å². The first-order valence-electron chi connectivity index (χ1n) is 11.3. The van der Waals surface area contributed by atoms with Crippen molar-refractivity contribution in [2.45, 2.75) is 55.6 Å². The van der Waals surface area contributed by atoms with Gasteiger partial charge in [0.1, 0.15) is 17.9 Å². The summed E-state index contributed by atoms with van der Waals surface area (Å²) in [6.07, 6.45) is 0.649. The van der Waals surface area contributed by atoms with Crippen LogP contribution in [0.2, 0.25) is 0 Å². The normalized spacial score (nSPS) is 18.9. The van der Waals surface area contributed by atoms with E-state index >= 15 is 0 Å². The first-order valence-corrected chi connectivity index (χ1v) is 12.7. The van der Waals surface area contributed by atoms with Gasteiger partial charge in [0.2, 0.25) is 15.9 Å². The Morgan fingerprint density at radius 3 is 2.49 bits per heavy atom. The molecule has 4 rings (SSSR count). The number of nitrogens with zero attached hydrogens (tertiary/aromatic N) is 1. The molecule has 0 aromatic heterocycles. The van der Waals surface area contributed by atoms with Crippen LogP contribution < -0.4 is 5.32 Å². The average molecular weight is 499 g/mol. The van der Waals surface area contributed by atoms with Gasteiger partial charge in [0.25, 0.3) is 0 Å². The maximum Gasteiger partial charge on any atom is 0.326 e. The number of carboxylic acid groups (broad SMARTS) is 1. The zero-order chi connectivity index (χ0) is 25.4. The molecule has 1 saturated heterocycles. The molecule has 3 aromatic carbocycles. The standard InChI is InChI=1S/C26H27FN2O5S/c1-26(2)13-12-23(29(26)35(33,34)21-9-5-8-20(27)16-21)24(30)28-22(25(31)32)15-17-10-11-18-6-3-4-7-19(18)14-17/h3-11,14,16,22-23H,12-13,15H2,1-2H3,(H,28,30)(H,31,32)/t22-,23-/m0/s1. The first-order chi connectivity index (χ1) is 16.5. The van der Waals surface area contributed by atoms with Crippen molar-refractivity contribution in [2.24, 2.45) is 0 Å². The highest BCUT2D eigenvalue weighted by Gasteiger charge is 2.50. The first kappa shape index (κ1) is 24.8. The van der Waals surface area contributed by atoms with Crippen molar-refractivity contribution < 1.29 is 27.5 Å². The molecule has 1 heterocycles. The third kappa shape index (κ3) is 5.06. The second kappa shape index (κ2) is 9.39. The molecule has 7 nitrogen and oxygen atoms in total. The number of nitrogens with one attached hydrogen (secondary N) is 1. The van der Waals surface area contributed by atoms with E-state index in [1.165, 1.54) is 12.1 Å². The van der Waals surface area contributed by atoms with Crippen LogP contribution in [-0.4, -0.2) is 47.3 Å². The maximum absolute atomic E-state index is 13.8. The molecule has 0 spiro atoms. The Bertz CT molecular complexity index is 1390. The van der Waals surface area contributed by atoms with E-state index in [0.29, 0.717) is 6.42 Å². The molecule has 3 aromatic rings. The van der Waals surface area contributed by atoms with E-state index in [-0.39, 0.29) is 17.7 Å². The summed E-state index contributed by atoms with van der Waals surface area (Å²) in [5.74, 6) is -2.61. The molecule has 35 heavy (non-hydrogen) atoms. The van der Waals surface area contributed by atoms with Crippen LogP contribution in [0.1, 0.15) is 32.3 Å². The fourth-order valence-electron chi connectivity index (χ4n) is 4.68. The lowest BCUT2D eigenvalue weighted by molar-refractivity contribution is -0.142. The Morgan fingerprint density at radius 1 is 1.09 bits per heavy atom. The summed E-state index contributed by atoms with van der Waals surface area (Å²) in [5.41, 5.74) is -0.183. The minimum atomic E-state index is -4.22. The predicted molar refractivity (Wildman–Crippen MR) is 130 cm³/mol. The van der Waals surface area contributed by atoms with Gasteiger partial charge in [-0.3, -0.25) is 4.79 Å². The highest BCUT2D eigenvalue weighted by Crippen LogP contribution is 2.38. The number of hydrogen-bond donors (Lipinski definition) is 2. The van der Waals surface area contributed by atoms with E-state index in [1.54, 1.807) is 13.8 Å². The Morgan fingerprint density at radius 2 is 1.80 bits per heavy atom. The molecule has 1 aliphatic rings. The number of carbonyl (C=O) groups is 2. The van der Waals surface area contributed by atoms with Crippen LogP contribution in [0.3, 0.4) is 0 Å². The number of halogens is 1. The summed E-state index contributed by atoms with van der Waals surface area (Å²) < 4.78 is 41.7. The third-order valence-corrected chi connectivity index (χ3v) is 8.55. The van der Waals surface area contributed by atoms with Gasteiger partial charge < -0.3 is 10.4 Å². The summed E-state index contributed by atoms with van der Waals surface area (Å²) >= 11 is 0. The van der Waals surface area contributed by atoms with Crippen molar-refractivity contribution in [3.05, 3.63) is 78.1 Å². The molecule has 0 bridgehead atoms. The molecule has 1 aliphatic heterocycles. The number of aliphatic carboxylic acids is 1. The SMILES string of the molecule is CC1(C)CC[C@@H](C(=O)N[C@@H](Cc2ccc3ccccc3c2)C(=O)O)N1S(=O)(=O)c1cccc(F)c1. The zero-order valence-electron chi connectivity index (χ0n) is 19.4. The molecule has 0 radical (unpaired) electrons. The van der Waals surface area contributed by atoms with Gasteiger partial charge in [0.15, 0.2) is 0 Å². The predicted octanol–water partition coefficient (Wildman–Crippen LogP) is 3.72. The molecule has 0 unspecified atom stereocenters. The van der Waals surface area contributed by atoms with E-state index in [9.17, 15) is 27.5 Å². The number of fused-ring (bicyclic) bond motifs is 1. The highest BCUT2D eigenvalue weighted by atomic mass is 32.2. The number of benzene rings is 3. The van der Waals surface area contributed by atoms with E-state index in [1.807, 2.05) is 42.5 Å². The van der Waals surface area contributed by atoms with Crippen LogP contribution in [0.15, 0.2) is 71.6 Å². The number of sulfonamides is 1. The number of amides is 1. The number of hydrogen-bond acceptors (Lipinski definition) is 4. The van der Waals surface area contributed by atoms with E-state index < -0.39 is 45.3 Å². The Hall–Kier alpha value is -3.30. The van der Waals surface area contributed by atoms with Gasteiger partial charge in [-0.2, -0.15) is 4.31 Å². The zero-order valence-corrected chi connectivity index (χ0v) is 20.3. The van der Waals surface area contributed by atoms with Crippen molar-refractivity contribution in [1.29, 1.82) is 0 Å². The number of carbonyl (C=O) groups excluding carboxylic acids is 1. The fraction of sp³-hybridized carbons (Fsp3) is 0.308. The van der Waals surface area contributed by atoms with Gasteiger partial charge >= 0.3 is 5.97 Å². The van der Waals surface area contributed by atoms with Crippen molar-refractivity contribution in [1.82, 2.24) is 9.62 Å². The molecule has 0 saturated carbocycles. The van der Waals surface area contributed by atoms with Gasteiger partial charge in [0.05, 0.1) is 4.90 Å². The molecule has 1 fully saturated rings. The smallest absolute Gasteiger partial charge is 0.326 e. The van der Waals surface area contributed by atoms with Crippen molar-refractivity contribution >= 4 is 32.7 Å². The van der Waals surface area contributed by atoms with Crippen LogP contribution in [0, 0.1) is 5.82 Å². The summed E-state index contributed by atoms with van der Waals surface area (Å²) in [6, 6.07) is 15.5. The lowest BCUT2D eigenvalue weighted by atomic mass is 10.0. The molecule has 9 heteroatoms. The van der Waals surface area contributed by atoms with Gasteiger partial charge in [-0.25, -0.2) is 17.6 Å². The lowest BCUT2D eigenvalue weighted by Gasteiger charge is -2.34. The number of carboxylic acids is 1. The molecule has 0 aliphatic carbocycles. The van der Waals surface area contributed by atoms with Gasteiger partial charge in [0, 0.05) is 12.0 Å². The van der Waals surface area contributed by atoms with Crippen LogP contribution in [-0.2, 0) is 26.0 Å². The molecular weight excluding hydrogens is 471 g/mol. The van der Waals surface area contributed by atoms with Crippen LogP contribution >= 0.6 is 0 Å². The molecule has 184 valence electrons. The average Bonchev–Trinajstić information content (AvgIpc) is 3.14. The fourth-order valence-corrected chi connectivity index (χ4v) is 6.70. The summed E-state index contributed by atoms with van der Waals surface area (Å²) in [5, 5.41) is 14.3. The Balaban J connectivity index is 1.58. The highest BCUT2D eigenvalue weighted by molar-refractivity contribution is 7.89. The van der Waals surface area contributed by atoms with Crippen LogP contribution in [0.4, 0.5) is 4.39 Å². The van der Waals surface area contributed by atoms with Gasteiger partial charge in [-0.1, -0.05) is 48.5 Å². The summed E-state index contributed by atoms with van der Waals surface area (Å²) in [6.45, 7) is 3.39. The Labute approximate surface area is 203 Å². The second-order valence-electron chi connectivity index (χ2n) is 9.41. The maximum atomic E-state index is 13.8. The molecule has 2 N–H and O–H groups in total. The Kier molecular flexibility index (Phi) is 6.66. The largest absolute Gasteiger partial charge is 0.480 e.